The molecule has 1 aliphatic heterocycles. The van der Waals surface area contributed by atoms with Gasteiger partial charge in [0.25, 0.3) is 5.89 Å². The average Bonchev–Trinajstić information content (AvgIpc) is 3.05. The molecule has 0 unspecified atom stereocenters. The smallest absolute Gasteiger partial charge is 0.322 e. The maximum absolute atomic E-state index is 12.2. The van der Waals surface area contributed by atoms with Crippen molar-refractivity contribution >= 4 is 11.7 Å². The number of amides is 2. The van der Waals surface area contributed by atoms with Crippen LogP contribution in [0.4, 0.5) is 10.5 Å². The number of para-hydroxylation sites is 1. The number of carbonyl (C=O) groups excluding carboxylic acids is 1. The van der Waals surface area contributed by atoms with Gasteiger partial charge >= 0.3 is 6.03 Å². The zero-order valence-electron chi connectivity index (χ0n) is 14.3. The quantitative estimate of drug-likeness (QED) is 0.780. The lowest BCUT2D eigenvalue weighted by Crippen LogP contribution is -2.57. The van der Waals surface area contributed by atoms with Crippen LogP contribution < -0.4 is 10.1 Å². The number of anilines is 1. The number of likely N-dealkylation sites (tertiary alicyclic amines) is 1. The minimum absolute atomic E-state index is 0.0313. The standard InChI is InChI=1S/C19H18N4O3/c1-13-20-18(26-22-13)14-6-5-9-16(10-14)25-17-11-23(12-17)19(24)21-15-7-3-2-4-8-15/h2-10,17H,11-12H2,1H3,(H,21,24). The second kappa shape index (κ2) is 6.87. The highest BCUT2D eigenvalue weighted by molar-refractivity contribution is 5.89. The van der Waals surface area contributed by atoms with E-state index in [-0.39, 0.29) is 12.1 Å². The Morgan fingerprint density at radius 2 is 2.00 bits per heavy atom. The number of urea groups is 1. The monoisotopic (exact) mass is 350 g/mol. The maximum Gasteiger partial charge on any atom is 0.322 e. The van der Waals surface area contributed by atoms with E-state index in [4.69, 9.17) is 9.26 Å². The topological polar surface area (TPSA) is 80.5 Å². The Labute approximate surface area is 150 Å². The van der Waals surface area contributed by atoms with Crippen molar-refractivity contribution in [3.05, 3.63) is 60.4 Å². The number of benzene rings is 2. The maximum atomic E-state index is 12.2. The van der Waals surface area contributed by atoms with E-state index in [2.05, 4.69) is 15.5 Å². The molecule has 7 heteroatoms. The summed E-state index contributed by atoms with van der Waals surface area (Å²) in [6.45, 7) is 2.86. The minimum atomic E-state index is -0.119. The molecule has 0 radical (unpaired) electrons. The molecule has 3 aromatic rings. The molecular weight excluding hydrogens is 332 g/mol. The number of nitrogens with zero attached hydrogens (tertiary/aromatic N) is 3. The van der Waals surface area contributed by atoms with Gasteiger partial charge in [0.2, 0.25) is 0 Å². The lowest BCUT2D eigenvalue weighted by atomic mass is 10.1. The molecule has 1 N–H and O–H groups in total. The molecule has 1 saturated heterocycles. The molecule has 26 heavy (non-hydrogen) atoms. The minimum Gasteiger partial charge on any atom is -0.487 e. The number of aryl methyl sites for hydroxylation is 1. The Kier molecular flexibility index (Phi) is 4.27. The molecule has 7 nitrogen and oxygen atoms in total. The van der Waals surface area contributed by atoms with Crippen molar-refractivity contribution in [1.29, 1.82) is 0 Å². The van der Waals surface area contributed by atoms with Gasteiger partial charge in [-0.3, -0.25) is 0 Å². The average molecular weight is 350 g/mol. The van der Waals surface area contributed by atoms with Crippen LogP contribution in [0.15, 0.2) is 59.1 Å². The molecule has 0 atom stereocenters. The Balaban J connectivity index is 1.32. The van der Waals surface area contributed by atoms with E-state index < -0.39 is 0 Å². The Hall–Kier alpha value is -3.35. The fourth-order valence-corrected chi connectivity index (χ4v) is 2.71. The van der Waals surface area contributed by atoms with Crippen molar-refractivity contribution in [2.24, 2.45) is 0 Å². The van der Waals surface area contributed by atoms with Gasteiger partial charge in [-0.05, 0) is 37.3 Å². The predicted octanol–water partition coefficient (Wildman–Crippen LogP) is 3.34. The summed E-state index contributed by atoms with van der Waals surface area (Å²) >= 11 is 0. The summed E-state index contributed by atoms with van der Waals surface area (Å²) in [5.41, 5.74) is 1.59. The van der Waals surface area contributed by atoms with E-state index in [9.17, 15) is 4.79 Å². The first kappa shape index (κ1) is 16.1. The summed E-state index contributed by atoms with van der Waals surface area (Å²) in [4.78, 5) is 18.1. The first-order chi connectivity index (χ1) is 12.7. The molecular formula is C19H18N4O3. The van der Waals surface area contributed by atoms with Gasteiger partial charge < -0.3 is 19.5 Å². The number of hydrogen-bond donors (Lipinski definition) is 1. The summed E-state index contributed by atoms with van der Waals surface area (Å²) in [6, 6.07) is 16.8. The van der Waals surface area contributed by atoms with Crippen molar-refractivity contribution in [1.82, 2.24) is 15.0 Å². The zero-order chi connectivity index (χ0) is 17.9. The van der Waals surface area contributed by atoms with Gasteiger partial charge in [-0.25, -0.2) is 4.79 Å². The molecule has 132 valence electrons. The molecule has 0 bridgehead atoms. The number of nitrogens with one attached hydrogen (secondary N) is 1. The summed E-state index contributed by atoms with van der Waals surface area (Å²) < 4.78 is 11.1. The van der Waals surface area contributed by atoms with Gasteiger partial charge in [0.15, 0.2) is 5.82 Å². The second-order valence-electron chi connectivity index (χ2n) is 6.12. The second-order valence-corrected chi connectivity index (χ2v) is 6.12. The fourth-order valence-electron chi connectivity index (χ4n) is 2.71. The lowest BCUT2D eigenvalue weighted by molar-refractivity contribution is 0.0493. The first-order valence-electron chi connectivity index (χ1n) is 8.36. The first-order valence-corrected chi connectivity index (χ1v) is 8.36. The summed E-state index contributed by atoms with van der Waals surface area (Å²) in [7, 11) is 0. The van der Waals surface area contributed by atoms with Gasteiger partial charge in [-0.2, -0.15) is 4.98 Å². The molecule has 1 fully saturated rings. The molecule has 1 aromatic heterocycles. The molecule has 4 rings (SSSR count). The lowest BCUT2D eigenvalue weighted by Gasteiger charge is -2.38. The highest BCUT2D eigenvalue weighted by atomic mass is 16.5. The molecule has 2 heterocycles. The highest BCUT2D eigenvalue weighted by Crippen LogP contribution is 2.25. The largest absolute Gasteiger partial charge is 0.487 e. The van der Waals surface area contributed by atoms with Crippen LogP contribution in [0.3, 0.4) is 0 Å². The van der Waals surface area contributed by atoms with Crippen LogP contribution in [0.1, 0.15) is 5.82 Å². The fraction of sp³-hybridized carbons (Fsp3) is 0.211. The van der Waals surface area contributed by atoms with Crippen LogP contribution >= 0.6 is 0 Å². The third-order valence-corrected chi connectivity index (χ3v) is 4.07. The van der Waals surface area contributed by atoms with E-state index in [0.717, 1.165) is 11.3 Å². The third-order valence-electron chi connectivity index (χ3n) is 4.07. The van der Waals surface area contributed by atoms with Crippen LogP contribution in [0.2, 0.25) is 0 Å². The van der Waals surface area contributed by atoms with E-state index in [1.54, 1.807) is 11.8 Å². The Morgan fingerprint density at radius 3 is 2.73 bits per heavy atom. The van der Waals surface area contributed by atoms with E-state index >= 15 is 0 Å². The van der Waals surface area contributed by atoms with Crippen LogP contribution in [0, 0.1) is 6.92 Å². The molecule has 0 saturated carbocycles. The Morgan fingerprint density at radius 1 is 1.19 bits per heavy atom. The van der Waals surface area contributed by atoms with Crippen LogP contribution in [-0.2, 0) is 0 Å². The van der Waals surface area contributed by atoms with E-state index in [1.807, 2.05) is 54.6 Å². The summed E-state index contributed by atoms with van der Waals surface area (Å²) in [5, 5.41) is 6.66. The van der Waals surface area contributed by atoms with Crippen LogP contribution in [0.5, 0.6) is 5.75 Å². The molecule has 1 aliphatic rings. The van der Waals surface area contributed by atoms with Gasteiger partial charge in [-0.15, -0.1) is 0 Å². The number of hydrogen-bond acceptors (Lipinski definition) is 5. The summed E-state index contributed by atoms with van der Waals surface area (Å²) in [5.74, 6) is 1.77. The number of ether oxygens (including phenoxy) is 1. The van der Waals surface area contributed by atoms with Crippen LogP contribution in [-0.4, -0.2) is 40.3 Å². The van der Waals surface area contributed by atoms with E-state index in [1.165, 1.54) is 0 Å². The number of carbonyl (C=O) groups is 1. The van der Waals surface area contributed by atoms with Crippen molar-refractivity contribution in [3.63, 3.8) is 0 Å². The molecule has 0 spiro atoms. The third kappa shape index (κ3) is 3.51. The Bertz CT molecular complexity index is 904. The van der Waals surface area contributed by atoms with Gasteiger partial charge in [0.1, 0.15) is 11.9 Å². The zero-order valence-corrected chi connectivity index (χ0v) is 14.3. The molecule has 2 amide bonds. The molecule has 0 aliphatic carbocycles. The van der Waals surface area contributed by atoms with Gasteiger partial charge in [-0.1, -0.05) is 29.4 Å². The van der Waals surface area contributed by atoms with Crippen molar-refractivity contribution in [2.75, 3.05) is 18.4 Å². The predicted molar refractivity (Wildman–Crippen MR) is 95.9 cm³/mol. The number of rotatable bonds is 4. The summed E-state index contributed by atoms with van der Waals surface area (Å²) in [6.07, 6.45) is -0.0313. The van der Waals surface area contributed by atoms with Crippen molar-refractivity contribution in [2.45, 2.75) is 13.0 Å². The SMILES string of the molecule is Cc1noc(-c2cccc(OC3CN(C(=O)Nc4ccccc4)C3)c2)n1. The van der Waals surface area contributed by atoms with Gasteiger partial charge in [0.05, 0.1) is 13.1 Å². The van der Waals surface area contributed by atoms with Gasteiger partial charge in [0, 0.05) is 11.3 Å². The molecule has 2 aromatic carbocycles. The van der Waals surface area contributed by atoms with Crippen LogP contribution in [0.25, 0.3) is 11.5 Å². The van der Waals surface area contributed by atoms with Crippen molar-refractivity contribution < 1.29 is 14.1 Å². The highest BCUT2D eigenvalue weighted by Gasteiger charge is 2.32. The number of aromatic nitrogens is 2. The van der Waals surface area contributed by atoms with E-state index in [0.29, 0.717) is 30.6 Å². The normalized spacial score (nSPS) is 14.0. The van der Waals surface area contributed by atoms with Crippen molar-refractivity contribution in [3.8, 4) is 17.2 Å².